The van der Waals surface area contributed by atoms with Gasteiger partial charge in [-0.1, -0.05) is 0 Å². The molecule has 1 amide bonds. The molecule has 1 aromatic heterocycles. The number of halogens is 1. The second-order valence-corrected chi connectivity index (χ2v) is 3.37. The van der Waals surface area contributed by atoms with Gasteiger partial charge in [-0.15, -0.1) is 0 Å². The second kappa shape index (κ2) is 3.25. The van der Waals surface area contributed by atoms with Crippen molar-refractivity contribution < 1.29 is 9.18 Å². The summed E-state index contributed by atoms with van der Waals surface area (Å²) in [4.78, 5) is 16.3. The predicted molar refractivity (Wildman–Crippen MR) is 49.1 cm³/mol. The van der Waals surface area contributed by atoms with Crippen molar-refractivity contribution in [1.82, 2.24) is 4.98 Å². The Morgan fingerprint density at radius 3 is 2.86 bits per heavy atom. The summed E-state index contributed by atoms with van der Waals surface area (Å²) in [5, 5.41) is 0. The molecule has 1 aliphatic heterocycles. The van der Waals surface area contributed by atoms with Gasteiger partial charge in [0.15, 0.2) is 0 Å². The van der Waals surface area contributed by atoms with Crippen molar-refractivity contribution in [3.63, 3.8) is 0 Å². The molecule has 2 rings (SSSR count). The Balaban J connectivity index is 2.03. The number of hydrogen-bond donors (Lipinski definition) is 1. The lowest BCUT2D eigenvalue weighted by Crippen LogP contribution is -2.52. The summed E-state index contributed by atoms with van der Waals surface area (Å²) in [5.74, 6) is -0.783. The van der Waals surface area contributed by atoms with E-state index in [1.54, 1.807) is 6.20 Å². The summed E-state index contributed by atoms with van der Waals surface area (Å²) < 4.78 is 12.8. The maximum absolute atomic E-state index is 12.8. The third-order valence-corrected chi connectivity index (χ3v) is 2.34. The van der Waals surface area contributed by atoms with Gasteiger partial charge in [0, 0.05) is 19.2 Å². The number of primary amides is 1. The van der Waals surface area contributed by atoms with Gasteiger partial charge in [-0.2, -0.15) is 0 Å². The van der Waals surface area contributed by atoms with Crippen LogP contribution in [0, 0.1) is 11.7 Å². The molecule has 74 valence electrons. The zero-order valence-electron chi connectivity index (χ0n) is 7.48. The first-order chi connectivity index (χ1) is 6.66. The van der Waals surface area contributed by atoms with E-state index in [0.29, 0.717) is 18.8 Å². The van der Waals surface area contributed by atoms with E-state index in [-0.39, 0.29) is 17.6 Å². The van der Waals surface area contributed by atoms with E-state index in [0.717, 1.165) is 6.20 Å². The van der Waals surface area contributed by atoms with E-state index in [2.05, 4.69) is 4.98 Å². The molecule has 1 saturated heterocycles. The molecule has 0 spiro atoms. The fourth-order valence-electron chi connectivity index (χ4n) is 1.44. The molecule has 14 heavy (non-hydrogen) atoms. The van der Waals surface area contributed by atoms with Crippen molar-refractivity contribution in [3.8, 4) is 0 Å². The minimum Gasteiger partial charge on any atom is -0.369 e. The number of hydrogen-bond acceptors (Lipinski definition) is 3. The molecular formula is C9H10FN3O. The molecular weight excluding hydrogens is 185 g/mol. The Morgan fingerprint density at radius 2 is 2.29 bits per heavy atom. The Labute approximate surface area is 80.5 Å². The van der Waals surface area contributed by atoms with E-state index < -0.39 is 0 Å². The van der Waals surface area contributed by atoms with Gasteiger partial charge in [0.05, 0.1) is 24.0 Å². The lowest BCUT2D eigenvalue weighted by molar-refractivity contribution is -0.122. The number of nitrogens with zero attached hydrogens (tertiary/aromatic N) is 2. The number of rotatable bonds is 2. The third-order valence-electron chi connectivity index (χ3n) is 2.34. The zero-order valence-corrected chi connectivity index (χ0v) is 7.48. The van der Waals surface area contributed by atoms with E-state index in [9.17, 15) is 9.18 Å². The van der Waals surface area contributed by atoms with Crippen molar-refractivity contribution in [3.05, 3.63) is 24.3 Å². The van der Waals surface area contributed by atoms with Crippen molar-refractivity contribution in [2.24, 2.45) is 11.7 Å². The largest absolute Gasteiger partial charge is 0.369 e. The van der Waals surface area contributed by atoms with Crippen LogP contribution in [-0.4, -0.2) is 24.0 Å². The molecule has 0 aliphatic carbocycles. The van der Waals surface area contributed by atoms with Crippen LogP contribution < -0.4 is 10.6 Å². The molecule has 4 nitrogen and oxygen atoms in total. The fraction of sp³-hybridized carbons (Fsp3) is 0.333. The van der Waals surface area contributed by atoms with Crippen LogP contribution in [0.4, 0.5) is 10.1 Å². The molecule has 0 radical (unpaired) electrons. The fourth-order valence-corrected chi connectivity index (χ4v) is 1.44. The minimum atomic E-state index is -0.370. The number of carbonyl (C=O) groups excluding carboxylic acids is 1. The highest BCUT2D eigenvalue weighted by atomic mass is 19.1. The molecule has 1 aliphatic rings. The summed E-state index contributed by atoms with van der Waals surface area (Å²) in [7, 11) is 0. The smallest absolute Gasteiger partial charge is 0.224 e. The number of carbonyl (C=O) groups is 1. The van der Waals surface area contributed by atoms with E-state index in [4.69, 9.17) is 5.73 Å². The van der Waals surface area contributed by atoms with Crippen molar-refractivity contribution in [2.75, 3.05) is 18.0 Å². The quantitative estimate of drug-likeness (QED) is 0.730. The monoisotopic (exact) mass is 195 g/mol. The van der Waals surface area contributed by atoms with Crippen molar-refractivity contribution in [1.29, 1.82) is 0 Å². The molecule has 0 atom stereocenters. The van der Waals surface area contributed by atoms with Crippen LogP contribution in [0.3, 0.4) is 0 Å². The van der Waals surface area contributed by atoms with Gasteiger partial charge >= 0.3 is 0 Å². The first-order valence-corrected chi connectivity index (χ1v) is 4.31. The number of anilines is 1. The van der Waals surface area contributed by atoms with Crippen LogP contribution in [0.25, 0.3) is 0 Å². The van der Waals surface area contributed by atoms with Crippen LogP contribution in [0.5, 0.6) is 0 Å². The summed E-state index contributed by atoms with van der Waals surface area (Å²) in [6, 6.07) is 1.39. The molecule has 0 bridgehead atoms. The van der Waals surface area contributed by atoms with Crippen molar-refractivity contribution in [2.45, 2.75) is 0 Å². The topological polar surface area (TPSA) is 59.2 Å². The maximum atomic E-state index is 12.8. The van der Waals surface area contributed by atoms with Crippen molar-refractivity contribution >= 4 is 11.6 Å². The lowest BCUT2D eigenvalue weighted by atomic mass is 9.99. The van der Waals surface area contributed by atoms with Crippen LogP contribution in [0.15, 0.2) is 18.5 Å². The van der Waals surface area contributed by atoms with Crippen LogP contribution >= 0.6 is 0 Å². The Hall–Kier alpha value is -1.65. The molecule has 0 saturated carbocycles. The Bertz CT molecular complexity index is 363. The third kappa shape index (κ3) is 1.53. The summed E-state index contributed by atoms with van der Waals surface area (Å²) in [6.07, 6.45) is 2.72. The molecule has 0 unspecified atom stereocenters. The van der Waals surface area contributed by atoms with Crippen LogP contribution in [0.1, 0.15) is 0 Å². The highest BCUT2D eigenvalue weighted by Crippen LogP contribution is 2.23. The standard InChI is InChI=1S/C9H10FN3O/c10-7-1-8(3-12-2-7)13-4-6(5-13)9(11)14/h1-3,6H,4-5H2,(H2,11,14). The molecule has 2 N–H and O–H groups in total. The van der Waals surface area contributed by atoms with Gasteiger partial charge in [-0.05, 0) is 0 Å². The van der Waals surface area contributed by atoms with Gasteiger partial charge < -0.3 is 10.6 Å². The molecule has 1 fully saturated rings. The minimum absolute atomic E-state index is 0.113. The van der Waals surface area contributed by atoms with Gasteiger partial charge in [-0.3, -0.25) is 9.78 Å². The van der Waals surface area contributed by atoms with Gasteiger partial charge in [0.25, 0.3) is 0 Å². The lowest BCUT2D eigenvalue weighted by Gasteiger charge is -2.38. The van der Waals surface area contributed by atoms with Gasteiger partial charge in [0.1, 0.15) is 5.82 Å². The number of pyridine rings is 1. The highest BCUT2D eigenvalue weighted by Gasteiger charge is 2.31. The molecule has 0 aromatic carbocycles. The summed E-state index contributed by atoms with van der Waals surface area (Å²) in [6.45, 7) is 1.11. The first kappa shape index (κ1) is 8.93. The SMILES string of the molecule is NC(=O)C1CN(c2cncc(F)c2)C1. The average molecular weight is 195 g/mol. The molecule has 5 heteroatoms. The number of aromatic nitrogens is 1. The van der Waals surface area contributed by atoms with Crippen LogP contribution in [-0.2, 0) is 4.79 Å². The summed E-state index contributed by atoms with van der Waals surface area (Å²) in [5.41, 5.74) is 5.81. The average Bonchev–Trinajstić information content (AvgIpc) is 2.00. The van der Waals surface area contributed by atoms with E-state index >= 15 is 0 Å². The Kier molecular flexibility index (Phi) is 2.07. The zero-order chi connectivity index (χ0) is 10.1. The van der Waals surface area contributed by atoms with E-state index in [1.165, 1.54) is 6.07 Å². The Morgan fingerprint density at radius 1 is 1.57 bits per heavy atom. The highest BCUT2D eigenvalue weighted by molar-refractivity contribution is 5.80. The van der Waals surface area contributed by atoms with Gasteiger partial charge in [-0.25, -0.2) is 4.39 Å². The summed E-state index contributed by atoms with van der Waals surface area (Å²) >= 11 is 0. The normalized spacial score (nSPS) is 16.5. The van der Waals surface area contributed by atoms with Gasteiger partial charge in [0.2, 0.25) is 5.91 Å². The first-order valence-electron chi connectivity index (χ1n) is 4.31. The predicted octanol–water partition coefficient (Wildman–Crippen LogP) is 0.142. The number of nitrogens with two attached hydrogens (primary N) is 1. The molecule has 1 aromatic rings. The molecule has 2 heterocycles. The maximum Gasteiger partial charge on any atom is 0.224 e. The number of amides is 1. The second-order valence-electron chi connectivity index (χ2n) is 3.37. The van der Waals surface area contributed by atoms with E-state index in [1.807, 2.05) is 4.90 Å². The van der Waals surface area contributed by atoms with Crippen LogP contribution in [0.2, 0.25) is 0 Å².